The predicted molar refractivity (Wildman–Crippen MR) is 84.3 cm³/mol. The van der Waals surface area contributed by atoms with Gasteiger partial charge in [0, 0.05) is 16.0 Å². The van der Waals surface area contributed by atoms with E-state index in [9.17, 15) is 0 Å². The summed E-state index contributed by atoms with van der Waals surface area (Å²) >= 11 is 13.1. The van der Waals surface area contributed by atoms with E-state index in [2.05, 4.69) is 41.8 Å². The highest BCUT2D eigenvalue weighted by atomic mass is 79.9. The van der Waals surface area contributed by atoms with Gasteiger partial charge in [0.25, 0.3) is 0 Å². The Morgan fingerprint density at radius 2 is 1.95 bits per heavy atom. The molecule has 19 heavy (non-hydrogen) atoms. The van der Waals surface area contributed by atoms with Crippen molar-refractivity contribution in [2.24, 2.45) is 0 Å². The van der Waals surface area contributed by atoms with E-state index in [0.29, 0.717) is 22.6 Å². The summed E-state index contributed by atoms with van der Waals surface area (Å²) in [6.45, 7) is 0. The van der Waals surface area contributed by atoms with E-state index in [1.807, 2.05) is 18.2 Å². The minimum atomic E-state index is 0.464. The summed E-state index contributed by atoms with van der Waals surface area (Å²) in [5.41, 5.74) is 7.74. The number of rotatable bonds is 2. The maximum Gasteiger partial charge on any atom is 0.163 e. The normalized spacial score (nSPS) is 14.7. The fourth-order valence-corrected chi connectivity index (χ4v) is 3.16. The molecule has 98 valence electrons. The van der Waals surface area contributed by atoms with Gasteiger partial charge in [0.1, 0.15) is 5.82 Å². The molecule has 3 nitrogen and oxygen atoms in total. The van der Waals surface area contributed by atoms with Gasteiger partial charge in [-0.25, -0.2) is 9.97 Å². The highest BCUT2D eigenvalue weighted by Gasteiger charge is 2.29. The Kier molecular flexibility index (Phi) is 3.53. The predicted octanol–water partition coefficient (Wildman–Crippen LogP) is 4.78. The molecular weight excluding hydrogens is 393 g/mol. The van der Waals surface area contributed by atoms with Crippen molar-refractivity contribution in [1.29, 1.82) is 0 Å². The zero-order valence-electron chi connectivity index (χ0n) is 9.83. The largest absolute Gasteiger partial charge is 0.383 e. The third-order valence-corrected chi connectivity index (χ3v) is 4.66. The second-order valence-electron chi connectivity index (χ2n) is 4.53. The zero-order chi connectivity index (χ0) is 13.6. The van der Waals surface area contributed by atoms with Gasteiger partial charge < -0.3 is 5.73 Å². The number of nitrogen functional groups attached to an aromatic ring is 1. The number of aromatic nitrogens is 2. The molecule has 0 aliphatic heterocycles. The first-order valence-electron chi connectivity index (χ1n) is 5.84. The molecule has 1 aromatic carbocycles. The molecule has 1 aromatic heterocycles. The molecule has 2 N–H and O–H groups in total. The van der Waals surface area contributed by atoms with Crippen molar-refractivity contribution in [3.05, 3.63) is 37.9 Å². The summed E-state index contributed by atoms with van der Waals surface area (Å²) < 4.78 is 1.74. The van der Waals surface area contributed by atoms with Gasteiger partial charge in [0.2, 0.25) is 0 Å². The first-order valence-corrected chi connectivity index (χ1v) is 7.81. The maximum atomic E-state index is 6.24. The maximum absolute atomic E-state index is 6.24. The molecule has 1 aliphatic carbocycles. The van der Waals surface area contributed by atoms with Gasteiger partial charge in [-0.15, -0.1) is 0 Å². The lowest BCUT2D eigenvalue weighted by Crippen LogP contribution is -2.02. The first kappa shape index (κ1) is 13.3. The smallest absolute Gasteiger partial charge is 0.163 e. The Bertz CT molecular complexity index is 657. The third kappa shape index (κ3) is 2.64. The van der Waals surface area contributed by atoms with Gasteiger partial charge in [0.05, 0.1) is 15.2 Å². The van der Waals surface area contributed by atoms with Crippen LogP contribution in [0, 0.1) is 0 Å². The number of hydrogen-bond acceptors (Lipinski definition) is 3. The summed E-state index contributed by atoms with van der Waals surface area (Å²) in [6.07, 6.45) is 2.31. The van der Waals surface area contributed by atoms with E-state index < -0.39 is 0 Å². The lowest BCUT2D eigenvalue weighted by atomic mass is 10.2. The zero-order valence-corrected chi connectivity index (χ0v) is 13.8. The van der Waals surface area contributed by atoms with Gasteiger partial charge in [-0.05, 0) is 47.0 Å². The van der Waals surface area contributed by atoms with Crippen LogP contribution in [0.3, 0.4) is 0 Å². The van der Waals surface area contributed by atoms with Crippen molar-refractivity contribution in [3.8, 4) is 11.4 Å². The van der Waals surface area contributed by atoms with E-state index in [4.69, 9.17) is 17.3 Å². The summed E-state index contributed by atoms with van der Waals surface area (Å²) in [4.78, 5) is 8.94. The van der Waals surface area contributed by atoms with Crippen LogP contribution in [0.15, 0.2) is 27.1 Å². The molecule has 0 bridgehead atoms. The van der Waals surface area contributed by atoms with E-state index in [1.54, 1.807) is 0 Å². The molecule has 3 rings (SSSR count). The topological polar surface area (TPSA) is 51.8 Å². The molecule has 0 amide bonds. The van der Waals surface area contributed by atoms with E-state index in [-0.39, 0.29) is 0 Å². The molecule has 0 radical (unpaired) electrons. The van der Waals surface area contributed by atoms with Gasteiger partial charge >= 0.3 is 0 Å². The molecule has 0 saturated heterocycles. The SMILES string of the molecule is Nc1nc(-c2ccc(Br)cc2Cl)nc(C2CC2)c1Br. The second-order valence-corrected chi connectivity index (χ2v) is 6.65. The Morgan fingerprint density at radius 1 is 1.21 bits per heavy atom. The van der Waals surface area contributed by atoms with Crippen molar-refractivity contribution in [2.75, 3.05) is 5.73 Å². The quantitative estimate of drug-likeness (QED) is 0.785. The Hall–Kier alpha value is -0.650. The van der Waals surface area contributed by atoms with Gasteiger partial charge in [-0.1, -0.05) is 27.5 Å². The molecular formula is C13H10Br2ClN3. The van der Waals surface area contributed by atoms with Crippen molar-refractivity contribution in [1.82, 2.24) is 9.97 Å². The van der Waals surface area contributed by atoms with Gasteiger partial charge in [0.15, 0.2) is 5.82 Å². The van der Waals surface area contributed by atoms with E-state index in [1.165, 1.54) is 0 Å². The van der Waals surface area contributed by atoms with Crippen LogP contribution in [-0.2, 0) is 0 Å². The average Bonchev–Trinajstić information content (AvgIpc) is 3.17. The Morgan fingerprint density at radius 3 is 2.58 bits per heavy atom. The van der Waals surface area contributed by atoms with Crippen LogP contribution < -0.4 is 5.73 Å². The van der Waals surface area contributed by atoms with Crippen molar-refractivity contribution in [2.45, 2.75) is 18.8 Å². The van der Waals surface area contributed by atoms with E-state index >= 15 is 0 Å². The molecule has 1 saturated carbocycles. The number of nitrogens with zero attached hydrogens (tertiary/aromatic N) is 2. The number of anilines is 1. The van der Waals surface area contributed by atoms with Crippen LogP contribution in [0.5, 0.6) is 0 Å². The highest BCUT2D eigenvalue weighted by Crippen LogP contribution is 2.44. The van der Waals surface area contributed by atoms with Crippen molar-refractivity contribution >= 4 is 49.3 Å². The first-order chi connectivity index (χ1) is 9.06. The third-order valence-electron chi connectivity index (χ3n) is 3.04. The minimum Gasteiger partial charge on any atom is -0.383 e. The van der Waals surface area contributed by atoms with Gasteiger partial charge in [-0.3, -0.25) is 0 Å². The standard InChI is InChI=1S/C13H10Br2ClN3/c14-7-3-4-8(9(16)5-7)13-18-11(6-1-2-6)10(15)12(17)19-13/h3-6H,1-2H2,(H2,17,18,19). The molecule has 0 unspecified atom stereocenters. The molecule has 0 spiro atoms. The number of benzene rings is 1. The monoisotopic (exact) mass is 401 g/mol. The van der Waals surface area contributed by atoms with Crippen LogP contribution in [0.2, 0.25) is 5.02 Å². The summed E-state index contributed by atoms with van der Waals surface area (Å²) in [6, 6.07) is 5.64. The van der Waals surface area contributed by atoms with Crippen LogP contribution in [0.1, 0.15) is 24.5 Å². The second kappa shape index (κ2) is 5.04. The number of nitrogens with two attached hydrogens (primary N) is 1. The van der Waals surface area contributed by atoms with Crippen molar-refractivity contribution in [3.63, 3.8) is 0 Å². The number of halogens is 3. The lowest BCUT2D eigenvalue weighted by molar-refractivity contribution is 0.984. The van der Waals surface area contributed by atoms with Crippen LogP contribution in [-0.4, -0.2) is 9.97 Å². The molecule has 1 aliphatic rings. The summed E-state index contributed by atoms with van der Waals surface area (Å²) in [5.74, 6) is 1.54. The fourth-order valence-electron chi connectivity index (χ4n) is 1.90. The molecule has 2 aromatic rings. The van der Waals surface area contributed by atoms with Crippen LogP contribution in [0.4, 0.5) is 5.82 Å². The van der Waals surface area contributed by atoms with Crippen LogP contribution in [0.25, 0.3) is 11.4 Å². The lowest BCUT2D eigenvalue weighted by Gasteiger charge is -2.09. The minimum absolute atomic E-state index is 0.464. The Labute approximate surface area is 132 Å². The molecule has 6 heteroatoms. The summed E-state index contributed by atoms with van der Waals surface area (Å²) in [5, 5.41) is 0.609. The van der Waals surface area contributed by atoms with E-state index in [0.717, 1.165) is 33.0 Å². The van der Waals surface area contributed by atoms with Crippen LogP contribution >= 0.6 is 43.5 Å². The number of hydrogen-bond donors (Lipinski definition) is 1. The molecule has 1 fully saturated rings. The average molecular weight is 404 g/mol. The molecule has 0 atom stereocenters. The Balaban J connectivity index is 2.14. The molecule has 1 heterocycles. The van der Waals surface area contributed by atoms with Crippen molar-refractivity contribution < 1.29 is 0 Å². The summed E-state index contributed by atoms with van der Waals surface area (Å²) in [7, 11) is 0. The van der Waals surface area contributed by atoms with Gasteiger partial charge in [-0.2, -0.15) is 0 Å². The highest BCUT2D eigenvalue weighted by molar-refractivity contribution is 9.11. The fraction of sp³-hybridized carbons (Fsp3) is 0.231.